The van der Waals surface area contributed by atoms with Gasteiger partial charge in [-0.15, -0.1) is 11.8 Å². The average Bonchev–Trinajstić information content (AvgIpc) is 2.48. The van der Waals surface area contributed by atoms with Gasteiger partial charge in [0.05, 0.1) is 5.56 Å². The Morgan fingerprint density at radius 3 is 2.91 bits per heavy atom. The fourth-order valence-corrected chi connectivity index (χ4v) is 3.64. The molecule has 0 bridgehead atoms. The van der Waals surface area contributed by atoms with Crippen LogP contribution in [-0.4, -0.2) is 41.6 Å². The predicted molar refractivity (Wildman–Crippen MR) is 90.6 cm³/mol. The lowest BCUT2D eigenvalue weighted by Crippen LogP contribution is -2.49. The summed E-state index contributed by atoms with van der Waals surface area (Å²) in [6, 6.07) is 5.49. The van der Waals surface area contributed by atoms with E-state index in [1.54, 1.807) is 17.8 Å². The van der Waals surface area contributed by atoms with E-state index < -0.39 is 0 Å². The van der Waals surface area contributed by atoms with Gasteiger partial charge in [0.1, 0.15) is 0 Å². The minimum Gasteiger partial charge on any atom is -0.352 e. The molecule has 1 N–H and O–H groups in total. The van der Waals surface area contributed by atoms with Crippen LogP contribution in [0.5, 0.6) is 0 Å². The van der Waals surface area contributed by atoms with Crippen molar-refractivity contribution in [1.82, 2.24) is 10.2 Å². The number of halogens is 1. The van der Waals surface area contributed by atoms with Crippen molar-refractivity contribution in [3.05, 3.63) is 28.8 Å². The molecule has 1 saturated heterocycles. The van der Waals surface area contributed by atoms with Crippen LogP contribution in [-0.2, 0) is 4.79 Å². The number of hydrogen-bond donors (Lipinski definition) is 1. The van der Waals surface area contributed by atoms with Gasteiger partial charge in [-0.2, -0.15) is 0 Å². The van der Waals surface area contributed by atoms with E-state index in [9.17, 15) is 9.59 Å². The van der Waals surface area contributed by atoms with Crippen LogP contribution in [0.3, 0.4) is 0 Å². The molecule has 120 valence electrons. The second-order valence-corrected chi connectivity index (χ2v) is 7.11. The molecule has 1 atom stereocenters. The second kappa shape index (κ2) is 7.88. The summed E-state index contributed by atoms with van der Waals surface area (Å²) < 4.78 is 0. The maximum Gasteiger partial charge on any atom is 0.255 e. The summed E-state index contributed by atoms with van der Waals surface area (Å²) in [4.78, 5) is 26.8. The van der Waals surface area contributed by atoms with E-state index in [4.69, 9.17) is 11.6 Å². The number of nitrogens with one attached hydrogen (secondary N) is 1. The smallest absolute Gasteiger partial charge is 0.255 e. The summed E-state index contributed by atoms with van der Waals surface area (Å²) in [6.07, 6.45) is 1.81. The quantitative estimate of drug-likeness (QED) is 0.856. The van der Waals surface area contributed by atoms with Gasteiger partial charge in [0.15, 0.2) is 0 Å². The zero-order chi connectivity index (χ0) is 16.1. The predicted octanol–water partition coefficient (Wildman–Crippen LogP) is 3.19. The summed E-state index contributed by atoms with van der Waals surface area (Å²) in [7, 11) is 0. The summed E-state index contributed by atoms with van der Waals surface area (Å²) in [6.45, 7) is 4.84. The number of benzene rings is 1. The van der Waals surface area contributed by atoms with Gasteiger partial charge < -0.3 is 10.2 Å². The van der Waals surface area contributed by atoms with E-state index in [0.29, 0.717) is 17.1 Å². The Balaban J connectivity index is 2.16. The zero-order valence-corrected chi connectivity index (χ0v) is 14.5. The van der Waals surface area contributed by atoms with Gasteiger partial charge in [-0.3, -0.25) is 9.59 Å². The third-order valence-corrected chi connectivity index (χ3v) is 4.78. The number of carbonyl (C=O) groups excluding carboxylic acids is 2. The van der Waals surface area contributed by atoms with Crippen LogP contribution in [0.2, 0.25) is 5.02 Å². The van der Waals surface area contributed by atoms with E-state index in [2.05, 4.69) is 12.2 Å². The monoisotopic (exact) mass is 340 g/mol. The van der Waals surface area contributed by atoms with Crippen molar-refractivity contribution in [3.63, 3.8) is 0 Å². The molecule has 6 heteroatoms. The summed E-state index contributed by atoms with van der Waals surface area (Å²) >= 11 is 7.70. The maximum atomic E-state index is 12.8. The first-order chi connectivity index (χ1) is 10.5. The Kier molecular flexibility index (Phi) is 6.15. The van der Waals surface area contributed by atoms with Crippen molar-refractivity contribution < 1.29 is 9.59 Å². The molecular formula is C16H21ClN2O2S. The number of likely N-dealkylation sites (tertiary alicyclic amines) is 1. The molecular weight excluding hydrogens is 320 g/mol. The number of thioether (sulfide) groups is 1. The standard InChI is InChI=1S/C16H21ClN2O2S/c1-3-22-15-7-6-12(17)9-14(15)16(21)19-8-4-5-13(10-19)18-11(2)20/h6-7,9,13H,3-5,8,10H2,1-2H3,(H,18,20). The van der Waals surface area contributed by atoms with E-state index in [1.807, 2.05) is 17.0 Å². The second-order valence-electron chi connectivity index (χ2n) is 5.36. The summed E-state index contributed by atoms with van der Waals surface area (Å²) in [5.41, 5.74) is 0.655. The fourth-order valence-electron chi connectivity index (χ4n) is 2.69. The van der Waals surface area contributed by atoms with E-state index >= 15 is 0 Å². The number of rotatable bonds is 4. The first kappa shape index (κ1) is 17.2. The Labute approximate surface area is 140 Å². The fraction of sp³-hybridized carbons (Fsp3) is 0.500. The lowest BCUT2D eigenvalue weighted by Gasteiger charge is -2.33. The van der Waals surface area contributed by atoms with Crippen molar-refractivity contribution in [3.8, 4) is 0 Å². The van der Waals surface area contributed by atoms with Gasteiger partial charge in [0, 0.05) is 36.0 Å². The number of nitrogens with zero attached hydrogens (tertiary/aromatic N) is 1. The first-order valence-electron chi connectivity index (χ1n) is 7.50. The van der Waals surface area contributed by atoms with Gasteiger partial charge >= 0.3 is 0 Å². The van der Waals surface area contributed by atoms with Crippen LogP contribution in [0.15, 0.2) is 23.1 Å². The molecule has 0 aromatic heterocycles. The van der Waals surface area contributed by atoms with Crippen LogP contribution in [0.4, 0.5) is 0 Å². The summed E-state index contributed by atoms with van der Waals surface area (Å²) in [5.74, 6) is 0.842. The van der Waals surface area contributed by atoms with Gasteiger partial charge in [0.25, 0.3) is 5.91 Å². The lowest BCUT2D eigenvalue weighted by atomic mass is 10.0. The maximum absolute atomic E-state index is 12.8. The third-order valence-electron chi connectivity index (χ3n) is 3.59. The molecule has 0 saturated carbocycles. The molecule has 1 aliphatic heterocycles. The third kappa shape index (κ3) is 4.40. The van der Waals surface area contributed by atoms with Crippen LogP contribution in [0, 0.1) is 0 Å². The molecule has 1 heterocycles. The highest BCUT2D eigenvalue weighted by atomic mass is 35.5. The lowest BCUT2D eigenvalue weighted by molar-refractivity contribution is -0.120. The number of amides is 2. The van der Waals surface area contributed by atoms with Crippen LogP contribution in [0.1, 0.15) is 37.0 Å². The van der Waals surface area contributed by atoms with Gasteiger partial charge in [-0.05, 0) is 36.8 Å². The highest BCUT2D eigenvalue weighted by Crippen LogP contribution is 2.27. The Hall–Kier alpha value is -1.20. The molecule has 1 aliphatic rings. The minimum absolute atomic E-state index is 0.00602. The molecule has 2 rings (SSSR count). The molecule has 0 spiro atoms. The molecule has 1 unspecified atom stereocenters. The SMILES string of the molecule is CCSc1ccc(Cl)cc1C(=O)N1CCCC(NC(C)=O)C1. The van der Waals surface area contributed by atoms with Crippen molar-refractivity contribution in [1.29, 1.82) is 0 Å². The van der Waals surface area contributed by atoms with Crippen LogP contribution in [0.25, 0.3) is 0 Å². The van der Waals surface area contributed by atoms with E-state index in [1.165, 1.54) is 6.92 Å². The molecule has 4 nitrogen and oxygen atoms in total. The normalized spacial score (nSPS) is 18.1. The van der Waals surface area contributed by atoms with Crippen LogP contribution >= 0.6 is 23.4 Å². The largest absolute Gasteiger partial charge is 0.352 e. The van der Waals surface area contributed by atoms with Crippen molar-refractivity contribution in [2.75, 3.05) is 18.8 Å². The Morgan fingerprint density at radius 2 is 2.23 bits per heavy atom. The van der Waals surface area contributed by atoms with E-state index in [0.717, 1.165) is 30.0 Å². The molecule has 22 heavy (non-hydrogen) atoms. The van der Waals surface area contributed by atoms with Crippen LogP contribution < -0.4 is 5.32 Å². The van der Waals surface area contributed by atoms with Crippen molar-refractivity contribution in [2.24, 2.45) is 0 Å². The van der Waals surface area contributed by atoms with Gasteiger partial charge in [0.2, 0.25) is 5.91 Å². The first-order valence-corrected chi connectivity index (χ1v) is 8.86. The van der Waals surface area contributed by atoms with Crippen molar-refractivity contribution >= 4 is 35.2 Å². The molecule has 2 amide bonds. The Bertz CT molecular complexity index is 565. The highest BCUT2D eigenvalue weighted by Gasteiger charge is 2.26. The number of hydrogen-bond acceptors (Lipinski definition) is 3. The molecule has 0 radical (unpaired) electrons. The minimum atomic E-state index is -0.0516. The number of carbonyl (C=O) groups is 2. The van der Waals surface area contributed by atoms with Crippen molar-refractivity contribution in [2.45, 2.75) is 37.6 Å². The Morgan fingerprint density at radius 1 is 1.45 bits per heavy atom. The molecule has 1 aromatic carbocycles. The topological polar surface area (TPSA) is 49.4 Å². The number of piperidine rings is 1. The molecule has 0 aliphatic carbocycles. The molecule has 1 fully saturated rings. The van der Waals surface area contributed by atoms with Gasteiger partial charge in [-0.25, -0.2) is 0 Å². The van der Waals surface area contributed by atoms with Gasteiger partial charge in [-0.1, -0.05) is 18.5 Å². The van der Waals surface area contributed by atoms with E-state index in [-0.39, 0.29) is 17.9 Å². The molecule has 1 aromatic rings. The highest BCUT2D eigenvalue weighted by molar-refractivity contribution is 7.99. The average molecular weight is 341 g/mol. The summed E-state index contributed by atoms with van der Waals surface area (Å²) in [5, 5.41) is 3.47. The zero-order valence-electron chi connectivity index (χ0n) is 12.9.